The van der Waals surface area contributed by atoms with Gasteiger partial charge in [0.25, 0.3) is 5.91 Å². The van der Waals surface area contributed by atoms with Crippen LogP contribution in [0.3, 0.4) is 0 Å². The van der Waals surface area contributed by atoms with E-state index in [2.05, 4.69) is 5.32 Å². The summed E-state index contributed by atoms with van der Waals surface area (Å²) in [5, 5.41) is 2.90. The molecule has 3 N–H and O–H groups in total. The first kappa shape index (κ1) is 14.1. The molecule has 0 aliphatic carbocycles. The maximum Gasteiger partial charge on any atom is 0.268 e. The molecule has 0 spiro atoms. The van der Waals surface area contributed by atoms with E-state index in [4.69, 9.17) is 10.5 Å². The summed E-state index contributed by atoms with van der Waals surface area (Å²) in [7, 11) is 3.45. The van der Waals surface area contributed by atoms with E-state index in [1.165, 1.54) is 0 Å². The number of carbonyl (C=O) groups is 1. The number of nitrogens with two attached hydrogens (primary N) is 1. The lowest BCUT2D eigenvalue weighted by Crippen LogP contribution is -2.25. The van der Waals surface area contributed by atoms with Crippen LogP contribution in [0.4, 0.5) is 5.69 Å². The second-order valence-corrected chi connectivity index (χ2v) is 4.65. The summed E-state index contributed by atoms with van der Waals surface area (Å²) >= 11 is 0. The van der Waals surface area contributed by atoms with Crippen LogP contribution in [0, 0.1) is 0 Å². The van der Waals surface area contributed by atoms with E-state index >= 15 is 0 Å². The Bertz CT molecular complexity index is 605. The summed E-state index contributed by atoms with van der Waals surface area (Å²) in [4.78, 5) is 12.1. The van der Waals surface area contributed by atoms with Gasteiger partial charge in [-0.15, -0.1) is 0 Å². The highest BCUT2D eigenvalue weighted by atomic mass is 16.5. The van der Waals surface area contributed by atoms with Gasteiger partial charge in [-0.3, -0.25) is 4.79 Å². The van der Waals surface area contributed by atoms with Crippen LogP contribution in [0.1, 0.15) is 21.6 Å². The zero-order valence-electron chi connectivity index (χ0n) is 11.7. The molecule has 106 valence electrons. The lowest BCUT2D eigenvalue weighted by molar-refractivity contribution is 0.0942. The summed E-state index contributed by atoms with van der Waals surface area (Å²) in [5.41, 5.74) is 8.92. The van der Waals surface area contributed by atoms with E-state index in [0.29, 0.717) is 24.5 Å². The Morgan fingerprint density at radius 2 is 2.05 bits per heavy atom. The predicted molar refractivity (Wildman–Crippen MR) is 78.2 cm³/mol. The highest BCUT2D eigenvalue weighted by molar-refractivity contribution is 5.93. The number of carbonyl (C=O) groups excluding carboxylic acids is 1. The number of benzene rings is 1. The third-order valence-corrected chi connectivity index (χ3v) is 3.12. The summed E-state index contributed by atoms with van der Waals surface area (Å²) in [5.74, 6) is -0.142. The molecule has 0 aliphatic heterocycles. The Hall–Kier alpha value is -2.27. The van der Waals surface area contributed by atoms with E-state index in [9.17, 15) is 4.79 Å². The fourth-order valence-corrected chi connectivity index (χ4v) is 2.11. The van der Waals surface area contributed by atoms with Gasteiger partial charge in [-0.05, 0) is 17.2 Å². The first-order valence-electron chi connectivity index (χ1n) is 6.37. The third kappa shape index (κ3) is 3.19. The smallest absolute Gasteiger partial charge is 0.268 e. The number of rotatable bonds is 5. The zero-order valence-corrected chi connectivity index (χ0v) is 11.7. The van der Waals surface area contributed by atoms with Gasteiger partial charge in [0.05, 0.1) is 12.3 Å². The standard InChI is InChI=1S/C15H19N3O2/c1-18-9-13(16)7-14(18)15(19)17-8-11-5-3-4-6-12(11)10-20-2/h3-7,9H,8,10,16H2,1-2H3,(H,17,19). The van der Waals surface area contributed by atoms with Crippen molar-refractivity contribution in [3.8, 4) is 0 Å². The molecular weight excluding hydrogens is 254 g/mol. The fraction of sp³-hybridized carbons (Fsp3) is 0.267. The van der Waals surface area contributed by atoms with Crippen molar-refractivity contribution >= 4 is 11.6 Å². The number of anilines is 1. The number of amides is 1. The quantitative estimate of drug-likeness (QED) is 0.871. The number of hydrogen-bond donors (Lipinski definition) is 2. The SMILES string of the molecule is COCc1ccccc1CNC(=O)c1cc(N)cn1C. The monoisotopic (exact) mass is 273 g/mol. The molecular formula is C15H19N3O2. The molecule has 0 unspecified atom stereocenters. The van der Waals surface area contributed by atoms with Crippen LogP contribution in [0.25, 0.3) is 0 Å². The topological polar surface area (TPSA) is 69.3 Å². The van der Waals surface area contributed by atoms with Gasteiger partial charge in [-0.2, -0.15) is 0 Å². The van der Waals surface area contributed by atoms with E-state index < -0.39 is 0 Å². The first-order valence-corrected chi connectivity index (χ1v) is 6.37. The van der Waals surface area contributed by atoms with Gasteiger partial charge in [0.15, 0.2) is 0 Å². The third-order valence-electron chi connectivity index (χ3n) is 3.12. The average Bonchev–Trinajstić information content (AvgIpc) is 2.77. The van der Waals surface area contributed by atoms with E-state index in [0.717, 1.165) is 11.1 Å². The summed E-state index contributed by atoms with van der Waals surface area (Å²) < 4.78 is 6.86. The molecule has 0 radical (unpaired) electrons. The van der Waals surface area contributed by atoms with E-state index in [1.54, 1.807) is 31.0 Å². The van der Waals surface area contributed by atoms with Gasteiger partial charge >= 0.3 is 0 Å². The Kier molecular flexibility index (Phi) is 4.42. The van der Waals surface area contributed by atoms with E-state index in [-0.39, 0.29) is 5.91 Å². The number of aryl methyl sites for hydroxylation is 1. The maximum absolute atomic E-state index is 12.1. The van der Waals surface area contributed by atoms with Crippen molar-refractivity contribution in [3.05, 3.63) is 53.3 Å². The van der Waals surface area contributed by atoms with Gasteiger partial charge in [-0.25, -0.2) is 0 Å². The van der Waals surface area contributed by atoms with Crippen molar-refractivity contribution in [1.82, 2.24) is 9.88 Å². The van der Waals surface area contributed by atoms with Crippen LogP contribution in [-0.4, -0.2) is 17.6 Å². The molecule has 1 aromatic heterocycles. The lowest BCUT2D eigenvalue weighted by Gasteiger charge is -2.10. The van der Waals surface area contributed by atoms with E-state index in [1.807, 2.05) is 24.3 Å². The minimum atomic E-state index is -0.142. The molecule has 1 aromatic carbocycles. The number of nitrogen functional groups attached to an aromatic ring is 1. The number of ether oxygens (including phenoxy) is 1. The van der Waals surface area contributed by atoms with Crippen molar-refractivity contribution in [1.29, 1.82) is 0 Å². The van der Waals surface area contributed by atoms with Gasteiger partial charge in [0.2, 0.25) is 0 Å². The molecule has 5 nitrogen and oxygen atoms in total. The summed E-state index contributed by atoms with van der Waals surface area (Å²) in [6, 6.07) is 9.54. The van der Waals surface area contributed by atoms with Crippen molar-refractivity contribution in [2.75, 3.05) is 12.8 Å². The number of nitrogens with zero attached hydrogens (tertiary/aromatic N) is 1. The molecule has 1 heterocycles. The molecule has 0 fully saturated rings. The normalized spacial score (nSPS) is 10.5. The second-order valence-electron chi connectivity index (χ2n) is 4.65. The van der Waals surface area contributed by atoms with Crippen LogP contribution in [-0.2, 0) is 24.9 Å². The second kappa shape index (κ2) is 6.25. The van der Waals surface area contributed by atoms with Crippen molar-refractivity contribution < 1.29 is 9.53 Å². The minimum absolute atomic E-state index is 0.142. The Balaban J connectivity index is 2.05. The Morgan fingerprint density at radius 1 is 1.35 bits per heavy atom. The Morgan fingerprint density at radius 3 is 2.65 bits per heavy atom. The molecule has 20 heavy (non-hydrogen) atoms. The summed E-state index contributed by atoms with van der Waals surface area (Å²) in [6.45, 7) is 0.993. The molecule has 1 amide bonds. The zero-order chi connectivity index (χ0) is 14.5. The van der Waals surface area contributed by atoms with Crippen LogP contribution in [0.5, 0.6) is 0 Å². The van der Waals surface area contributed by atoms with Crippen LogP contribution in [0.15, 0.2) is 36.5 Å². The molecule has 0 aliphatic rings. The Labute approximate surface area is 118 Å². The van der Waals surface area contributed by atoms with Crippen LogP contribution < -0.4 is 11.1 Å². The molecule has 5 heteroatoms. The summed E-state index contributed by atoms with van der Waals surface area (Å²) in [6.07, 6.45) is 1.72. The van der Waals surface area contributed by atoms with Crippen molar-refractivity contribution in [3.63, 3.8) is 0 Å². The number of aromatic nitrogens is 1. The van der Waals surface area contributed by atoms with Gasteiger partial charge in [0.1, 0.15) is 5.69 Å². The number of methoxy groups -OCH3 is 1. The lowest BCUT2D eigenvalue weighted by atomic mass is 10.1. The molecule has 0 atom stereocenters. The molecule has 2 aromatic rings. The number of nitrogens with one attached hydrogen (secondary N) is 1. The maximum atomic E-state index is 12.1. The van der Waals surface area contributed by atoms with Gasteiger partial charge in [-0.1, -0.05) is 24.3 Å². The van der Waals surface area contributed by atoms with Crippen LogP contribution in [0.2, 0.25) is 0 Å². The predicted octanol–water partition coefficient (Wildman–Crippen LogP) is 1.68. The number of hydrogen-bond acceptors (Lipinski definition) is 3. The fourth-order valence-electron chi connectivity index (χ4n) is 2.11. The minimum Gasteiger partial charge on any atom is -0.397 e. The molecule has 0 saturated carbocycles. The van der Waals surface area contributed by atoms with Crippen LogP contribution >= 0.6 is 0 Å². The average molecular weight is 273 g/mol. The van der Waals surface area contributed by atoms with Gasteiger partial charge in [0, 0.05) is 26.9 Å². The van der Waals surface area contributed by atoms with Crippen molar-refractivity contribution in [2.24, 2.45) is 7.05 Å². The molecule has 0 bridgehead atoms. The van der Waals surface area contributed by atoms with Gasteiger partial charge < -0.3 is 20.4 Å². The molecule has 2 rings (SSSR count). The molecule has 0 saturated heterocycles. The van der Waals surface area contributed by atoms with Crippen molar-refractivity contribution in [2.45, 2.75) is 13.2 Å². The first-order chi connectivity index (χ1) is 9.61. The highest BCUT2D eigenvalue weighted by Gasteiger charge is 2.11. The largest absolute Gasteiger partial charge is 0.397 e. The highest BCUT2D eigenvalue weighted by Crippen LogP contribution is 2.11.